The van der Waals surface area contributed by atoms with Gasteiger partial charge >= 0.3 is 6.09 Å². The maximum absolute atomic E-state index is 12.2. The standard InChI is InChI=1S/C15H19NO3/c1-4-13-11-19-15(2,3)16(13)14(17)18-10-12-8-6-5-7-9-12/h4-9,13H,1,10-11H2,2-3H3/t13-/m1/s1. The maximum atomic E-state index is 12.2. The predicted octanol–water partition coefficient (Wildman–Crippen LogP) is 2.95. The number of hydrogen-bond donors (Lipinski definition) is 0. The Balaban J connectivity index is 2.00. The number of amides is 1. The Morgan fingerprint density at radius 2 is 2.21 bits per heavy atom. The van der Waals surface area contributed by atoms with Gasteiger partial charge in [0.15, 0.2) is 0 Å². The van der Waals surface area contributed by atoms with E-state index in [0.29, 0.717) is 6.61 Å². The first kappa shape index (κ1) is 13.6. The minimum atomic E-state index is -0.660. The van der Waals surface area contributed by atoms with Crippen LogP contribution in [0.3, 0.4) is 0 Å². The van der Waals surface area contributed by atoms with Crippen molar-refractivity contribution in [3.8, 4) is 0 Å². The third-order valence-corrected chi connectivity index (χ3v) is 3.19. The lowest BCUT2D eigenvalue weighted by molar-refractivity contribution is -0.0479. The first-order chi connectivity index (χ1) is 9.04. The van der Waals surface area contributed by atoms with Gasteiger partial charge in [-0.05, 0) is 19.4 Å². The summed E-state index contributed by atoms with van der Waals surface area (Å²) in [6.45, 7) is 8.14. The number of rotatable bonds is 3. The van der Waals surface area contributed by atoms with Crippen molar-refractivity contribution < 1.29 is 14.3 Å². The van der Waals surface area contributed by atoms with Gasteiger partial charge in [0.05, 0.1) is 12.6 Å². The second-order valence-electron chi connectivity index (χ2n) is 4.97. The molecule has 19 heavy (non-hydrogen) atoms. The topological polar surface area (TPSA) is 38.8 Å². The molecule has 4 nitrogen and oxygen atoms in total. The van der Waals surface area contributed by atoms with Crippen LogP contribution in [-0.2, 0) is 16.1 Å². The second kappa shape index (κ2) is 5.45. The van der Waals surface area contributed by atoms with E-state index >= 15 is 0 Å². The predicted molar refractivity (Wildman–Crippen MR) is 72.5 cm³/mol. The Morgan fingerprint density at radius 1 is 1.53 bits per heavy atom. The fourth-order valence-corrected chi connectivity index (χ4v) is 2.15. The Morgan fingerprint density at radius 3 is 2.84 bits per heavy atom. The highest BCUT2D eigenvalue weighted by Gasteiger charge is 2.43. The molecule has 0 spiro atoms. The van der Waals surface area contributed by atoms with Crippen molar-refractivity contribution in [2.45, 2.75) is 32.2 Å². The zero-order valence-corrected chi connectivity index (χ0v) is 11.3. The van der Waals surface area contributed by atoms with Crippen LogP contribution in [0.5, 0.6) is 0 Å². The summed E-state index contributed by atoms with van der Waals surface area (Å²) >= 11 is 0. The summed E-state index contributed by atoms with van der Waals surface area (Å²) in [5.41, 5.74) is 0.302. The largest absolute Gasteiger partial charge is 0.444 e. The van der Waals surface area contributed by atoms with E-state index in [1.807, 2.05) is 44.2 Å². The molecule has 1 aliphatic rings. The van der Waals surface area contributed by atoms with E-state index < -0.39 is 5.72 Å². The molecule has 1 saturated heterocycles. The van der Waals surface area contributed by atoms with E-state index in [9.17, 15) is 4.79 Å². The Hall–Kier alpha value is -1.81. The van der Waals surface area contributed by atoms with E-state index in [1.54, 1.807) is 11.0 Å². The van der Waals surface area contributed by atoms with Crippen LogP contribution in [0.1, 0.15) is 19.4 Å². The van der Waals surface area contributed by atoms with Gasteiger partial charge in [-0.1, -0.05) is 36.4 Å². The molecule has 0 N–H and O–H groups in total. The SMILES string of the molecule is C=C[C@@H]1COC(C)(C)N1C(=O)OCc1ccccc1. The van der Waals surface area contributed by atoms with Gasteiger partial charge in [-0.25, -0.2) is 4.79 Å². The molecule has 1 aromatic carbocycles. The van der Waals surface area contributed by atoms with Crippen LogP contribution in [0.25, 0.3) is 0 Å². The molecule has 1 aromatic rings. The quantitative estimate of drug-likeness (QED) is 0.785. The number of hydrogen-bond acceptors (Lipinski definition) is 3. The number of carbonyl (C=O) groups excluding carboxylic acids is 1. The lowest BCUT2D eigenvalue weighted by Crippen LogP contribution is -2.47. The monoisotopic (exact) mass is 261 g/mol. The normalized spacial score (nSPS) is 21.2. The highest BCUT2D eigenvalue weighted by atomic mass is 16.6. The van der Waals surface area contributed by atoms with E-state index in [4.69, 9.17) is 9.47 Å². The molecular weight excluding hydrogens is 242 g/mol. The average molecular weight is 261 g/mol. The fourth-order valence-electron chi connectivity index (χ4n) is 2.15. The first-order valence-corrected chi connectivity index (χ1v) is 6.31. The Bertz CT molecular complexity index is 456. The highest BCUT2D eigenvalue weighted by molar-refractivity contribution is 5.69. The van der Waals surface area contributed by atoms with Crippen molar-refractivity contribution in [3.63, 3.8) is 0 Å². The molecule has 0 bridgehead atoms. The van der Waals surface area contributed by atoms with Crippen LogP contribution in [0.4, 0.5) is 4.79 Å². The van der Waals surface area contributed by atoms with Crippen LogP contribution in [0.2, 0.25) is 0 Å². The molecule has 0 radical (unpaired) electrons. The molecular formula is C15H19NO3. The first-order valence-electron chi connectivity index (χ1n) is 6.31. The third-order valence-electron chi connectivity index (χ3n) is 3.19. The molecule has 1 amide bonds. The average Bonchev–Trinajstić information content (AvgIpc) is 2.72. The van der Waals surface area contributed by atoms with Crippen molar-refractivity contribution in [1.82, 2.24) is 4.90 Å². The van der Waals surface area contributed by atoms with Gasteiger partial charge in [0, 0.05) is 0 Å². The molecule has 102 valence electrons. The second-order valence-corrected chi connectivity index (χ2v) is 4.97. The lowest BCUT2D eigenvalue weighted by Gasteiger charge is -2.31. The third kappa shape index (κ3) is 2.96. The lowest BCUT2D eigenvalue weighted by atomic mass is 10.2. The minimum absolute atomic E-state index is 0.140. The number of nitrogens with zero attached hydrogens (tertiary/aromatic N) is 1. The van der Waals surface area contributed by atoms with Gasteiger partial charge in [-0.3, -0.25) is 4.90 Å². The van der Waals surface area contributed by atoms with E-state index in [2.05, 4.69) is 6.58 Å². The zero-order chi connectivity index (χ0) is 13.9. The van der Waals surface area contributed by atoms with E-state index in [-0.39, 0.29) is 18.7 Å². The van der Waals surface area contributed by atoms with Gasteiger partial charge in [-0.2, -0.15) is 0 Å². The molecule has 0 saturated carbocycles. The van der Waals surface area contributed by atoms with Crippen LogP contribution in [-0.4, -0.2) is 29.4 Å². The van der Waals surface area contributed by atoms with Crippen LogP contribution in [0.15, 0.2) is 43.0 Å². The molecule has 0 aromatic heterocycles. The van der Waals surface area contributed by atoms with Gasteiger partial charge in [0.25, 0.3) is 0 Å². The number of carbonyl (C=O) groups is 1. The number of ether oxygens (including phenoxy) is 2. The van der Waals surface area contributed by atoms with E-state index in [0.717, 1.165) is 5.56 Å². The van der Waals surface area contributed by atoms with E-state index in [1.165, 1.54) is 0 Å². The van der Waals surface area contributed by atoms with Crippen molar-refractivity contribution >= 4 is 6.09 Å². The summed E-state index contributed by atoms with van der Waals surface area (Å²) in [6.07, 6.45) is 1.33. The van der Waals surface area contributed by atoms with Crippen LogP contribution < -0.4 is 0 Å². The summed E-state index contributed by atoms with van der Waals surface area (Å²) in [6, 6.07) is 9.46. The fraction of sp³-hybridized carbons (Fsp3) is 0.400. The van der Waals surface area contributed by atoms with Crippen molar-refractivity contribution in [1.29, 1.82) is 0 Å². The number of benzene rings is 1. The highest BCUT2D eigenvalue weighted by Crippen LogP contribution is 2.28. The minimum Gasteiger partial charge on any atom is -0.444 e. The van der Waals surface area contributed by atoms with Gasteiger partial charge in [-0.15, -0.1) is 6.58 Å². The maximum Gasteiger partial charge on any atom is 0.412 e. The van der Waals surface area contributed by atoms with Crippen molar-refractivity contribution in [3.05, 3.63) is 48.6 Å². The Kier molecular flexibility index (Phi) is 3.90. The van der Waals surface area contributed by atoms with Gasteiger partial charge in [0.2, 0.25) is 0 Å². The molecule has 1 fully saturated rings. The molecule has 1 atom stereocenters. The molecule has 1 aliphatic heterocycles. The summed E-state index contributed by atoms with van der Waals surface area (Å²) in [5, 5.41) is 0. The molecule has 0 aliphatic carbocycles. The summed E-state index contributed by atoms with van der Waals surface area (Å²) < 4.78 is 10.9. The molecule has 4 heteroatoms. The molecule has 0 unspecified atom stereocenters. The van der Waals surface area contributed by atoms with Gasteiger partial charge in [0.1, 0.15) is 12.3 Å². The summed E-state index contributed by atoms with van der Waals surface area (Å²) in [5.74, 6) is 0. The van der Waals surface area contributed by atoms with Crippen LogP contribution >= 0.6 is 0 Å². The van der Waals surface area contributed by atoms with Gasteiger partial charge < -0.3 is 9.47 Å². The van der Waals surface area contributed by atoms with Crippen LogP contribution in [0, 0.1) is 0 Å². The Labute approximate surface area is 113 Å². The van der Waals surface area contributed by atoms with Crippen molar-refractivity contribution in [2.24, 2.45) is 0 Å². The summed E-state index contributed by atoms with van der Waals surface area (Å²) in [7, 11) is 0. The molecule has 1 heterocycles. The van der Waals surface area contributed by atoms with Crippen molar-refractivity contribution in [2.75, 3.05) is 6.61 Å². The molecule has 2 rings (SSSR count). The zero-order valence-electron chi connectivity index (χ0n) is 11.3. The smallest absolute Gasteiger partial charge is 0.412 e. The summed E-state index contributed by atoms with van der Waals surface area (Å²) in [4.78, 5) is 13.8.